The fourth-order valence-corrected chi connectivity index (χ4v) is 3.95. The molecule has 3 rings (SSSR count). The van der Waals surface area contributed by atoms with E-state index in [-0.39, 0.29) is 11.3 Å². The number of nitrogens with one attached hydrogen (secondary N) is 1. The quantitative estimate of drug-likeness (QED) is 0.914. The van der Waals surface area contributed by atoms with E-state index >= 15 is 0 Å². The molecule has 1 aromatic heterocycles. The summed E-state index contributed by atoms with van der Waals surface area (Å²) in [6.07, 6.45) is 1.00. The van der Waals surface area contributed by atoms with E-state index in [9.17, 15) is 4.79 Å². The Morgan fingerprint density at radius 1 is 1.26 bits per heavy atom. The lowest BCUT2D eigenvalue weighted by Crippen LogP contribution is -2.46. The fourth-order valence-electron chi connectivity index (χ4n) is 2.87. The summed E-state index contributed by atoms with van der Waals surface area (Å²) in [4.78, 5) is 14.7. The lowest BCUT2D eigenvalue weighted by Gasteiger charge is -2.36. The highest BCUT2D eigenvalue weighted by molar-refractivity contribution is 7.10. The molecule has 0 saturated carbocycles. The van der Waals surface area contributed by atoms with Gasteiger partial charge in [-0.1, -0.05) is 19.1 Å². The smallest absolute Gasteiger partial charge is 0.228 e. The molecule has 1 saturated heterocycles. The van der Waals surface area contributed by atoms with Gasteiger partial charge >= 0.3 is 0 Å². The number of hydrogen-bond donors (Lipinski definition) is 1. The minimum absolute atomic E-state index is 0.00271. The predicted octanol–water partition coefficient (Wildman–Crippen LogP) is 3.77. The van der Waals surface area contributed by atoms with Crippen LogP contribution >= 0.6 is 11.3 Å². The minimum atomic E-state index is -0.309. The zero-order valence-corrected chi connectivity index (χ0v) is 13.9. The van der Waals surface area contributed by atoms with Crippen molar-refractivity contribution < 1.29 is 4.79 Å². The second-order valence-corrected chi connectivity index (χ2v) is 7.11. The highest BCUT2D eigenvalue weighted by Gasteiger charge is 2.39. The van der Waals surface area contributed by atoms with E-state index in [0.29, 0.717) is 24.2 Å². The van der Waals surface area contributed by atoms with E-state index in [4.69, 9.17) is 10.7 Å². The van der Waals surface area contributed by atoms with E-state index in [0.717, 1.165) is 16.0 Å². The van der Waals surface area contributed by atoms with Crippen molar-refractivity contribution in [3.63, 3.8) is 0 Å². The average Bonchev–Trinajstić information content (AvgIpc) is 3.03. The molecule has 0 aliphatic carbocycles. The lowest BCUT2D eigenvalue weighted by molar-refractivity contribution is -0.128. The van der Waals surface area contributed by atoms with Crippen molar-refractivity contribution in [2.75, 3.05) is 7.05 Å². The van der Waals surface area contributed by atoms with Crippen molar-refractivity contribution in [3.8, 4) is 17.2 Å². The summed E-state index contributed by atoms with van der Waals surface area (Å²) < 4.78 is 0. The SMILES string of the molecule is CN1C(=N)C[C@](C)(c2cc(-c3ccc(C#N)cc3)cs2)CC1=O. The van der Waals surface area contributed by atoms with Gasteiger partial charge in [0, 0.05) is 30.2 Å². The number of amidine groups is 1. The van der Waals surface area contributed by atoms with E-state index in [1.165, 1.54) is 4.90 Å². The zero-order valence-electron chi connectivity index (χ0n) is 13.1. The maximum absolute atomic E-state index is 12.1. The monoisotopic (exact) mass is 323 g/mol. The van der Waals surface area contributed by atoms with Gasteiger partial charge in [-0.25, -0.2) is 0 Å². The average molecular weight is 323 g/mol. The van der Waals surface area contributed by atoms with E-state index in [1.807, 2.05) is 24.3 Å². The number of rotatable bonds is 2. The van der Waals surface area contributed by atoms with Gasteiger partial charge in [0.2, 0.25) is 5.91 Å². The molecule has 0 radical (unpaired) electrons. The second-order valence-electron chi connectivity index (χ2n) is 6.20. The van der Waals surface area contributed by atoms with Gasteiger partial charge in [-0.3, -0.25) is 10.2 Å². The first-order valence-electron chi connectivity index (χ1n) is 7.36. The van der Waals surface area contributed by atoms with Crippen LogP contribution in [0.15, 0.2) is 35.7 Å². The molecule has 23 heavy (non-hydrogen) atoms. The molecular formula is C18H17N3OS. The first-order valence-corrected chi connectivity index (χ1v) is 8.24. The summed E-state index contributed by atoms with van der Waals surface area (Å²) in [6, 6.07) is 11.7. The van der Waals surface area contributed by atoms with Gasteiger partial charge in [0.25, 0.3) is 0 Å². The molecule has 1 N–H and O–H groups in total. The summed E-state index contributed by atoms with van der Waals surface area (Å²) in [5, 5.41) is 19.0. The lowest BCUT2D eigenvalue weighted by atomic mass is 9.78. The third-order valence-electron chi connectivity index (χ3n) is 4.42. The van der Waals surface area contributed by atoms with Gasteiger partial charge in [0.05, 0.1) is 11.6 Å². The van der Waals surface area contributed by atoms with Crippen molar-refractivity contribution in [1.29, 1.82) is 10.7 Å². The molecule has 2 aromatic rings. The summed E-state index contributed by atoms with van der Waals surface area (Å²) in [6.45, 7) is 2.06. The van der Waals surface area contributed by atoms with Crippen LogP contribution in [0.4, 0.5) is 0 Å². The highest BCUT2D eigenvalue weighted by atomic mass is 32.1. The molecule has 2 heterocycles. The van der Waals surface area contributed by atoms with Crippen molar-refractivity contribution in [2.24, 2.45) is 0 Å². The van der Waals surface area contributed by atoms with Crippen molar-refractivity contribution >= 4 is 23.1 Å². The van der Waals surface area contributed by atoms with Crippen LogP contribution in [0.1, 0.15) is 30.2 Å². The molecular weight excluding hydrogens is 306 g/mol. The molecule has 1 aromatic carbocycles. The van der Waals surface area contributed by atoms with Gasteiger partial charge in [-0.05, 0) is 34.7 Å². The number of nitrogens with zero attached hydrogens (tertiary/aromatic N) is 2. The Labute approximate surface area is 139 Å². The van der Waals surface area contributed by atoms with Crippen LogP contribution in [-0.2, 0) is 10.2 Å². The Kier molecular flexibility index (Phi) is 3.78. The number of nitriles is 1. The van der Waals surface area contributed by atoms with Crippen LogP contribution in [-0.4, -0.2) is 23.7 Å². The molecule has 0 bridgehead atoms. The molecule has 1 atom stereocenters. The fraction of sp³-hybridized carbons (Fsp3) is 0.278. The molecule has 1 amide bonds. The third-order valence-corrected chi connectivity index (χ3v) is 5.66. The van der Waals surface area contributed by atoms with E-state index < -0.39 is 0 Å². The van der Waals surface area contributed by atoms with Crippen LogP contribution in [0, 0.1) is 16.7 Å². The second kappa shape index (κ2) is 5.64. The number of carbonyl (C=O) groups is 1. The Bertz CT molecular complexity index is 796. The maximum atomic E-state index is 12.1. The van der Waals surface area contributed by atoms with Crippen molar-refractivity contribution in [2.45, 2.75) is 25.2 Å². The molecule has 1 aliphatic heterocycles. The Hall–Kier alpha value is -2.45. The van der Waals surface area contributed by atoms with Crippen molar-refractivity contribution in [1.82, 2.24) is 4.90 Å². The zero-order chi connectivity index (χ0) is 16.6. The molecule has 4 nitrogen and oxygen atoms in total. The van der Waals surface area contributed by atoms with Crippen LogP contribution in [0.2, 0.25) is 0 Å². The Morgan fingerprint density at radius 3 is 2.57 bits per heavy atom. The van der Waals surface area contributed by atoms with Gasteiger partial charge in [-0.2, -0.15) is 5.26 Å². The van der Waals surface area contributed by atoms with Gasteiger partial charge in [0.15, 0.2) is 0 Å². The predicted molar refractivity (Wildman–Crippen MR) is 91.6 cm³/mol. The first kappa shape index (κ1) is 15.4. The van der Waals surface area contributed by atoms with Gasteiger partial charge < -0.3 is 4.90 Å². The molecule has 116 valence electrons. The topological polar surface area (TPSA) is 68.0 Å². The summed E-state index contributed by atoms with van der Waals surface area (Å²) in [5.41, 5.74) is 2.49. The maximum Gasteiger partial charge on any atom is 0.228 e. The number of hydrogen-bond acceptors (Lipinski definition) is 4. The molecule has 0 spiro atoms. The minimum Gasteiger partial charge on any atom is -0.304 e. The normalized spacial score (nSPS) is 21.3. The van der Waals surface area contributed by atoms with Gasteiger partial charge in [-0.15, -0.1) is 11.3 Å². The summed E-state index contributed by atoms with van der Waals surface area (Å²) in [7, 11) is 1.67. The molecule has 1 aliphatic rings. The first-order chi connectivity index (χ1) is 10.9. The number of piperidine rings is 1. The summed E-state index contributed by atoms with van der Waals surface area (Å²) >= 11 is 1.63. The van der Waals surface area contributed by atoms with Gasteiger partial charge in [0.1, 0.15) is 5.84 Å². The third kappa shape index (κ3) is 2.78. The number of benzene rings is 1. The number of carbonyl (C=O) groups excluding carboxylic acids is 1. The van der Waals surface area contributed by atoms with Crippen LogP contribution in [0.5, 0.6) is 0 Å². The van der Waals surface area contributed by atoms with Crippen LogP contribution in [0.3, 0.4) is 0 Å². The number of amides is 1. The van der Waals surface area contributed by atoms with Crippen LogP contribution in [0.25, 0.3) is 11.1 Å². The number of thiophene rings is 1. The Balaban J connectivity index is 1.90. The highest BCUT2D eigenvalue weighted by Crippen LogP contribution is 2.41. The van der Waals surface area contributed by atoms with E-state index in [1.54, 1.807) is 18.4 Å². The summed E-state index contributed by atoms with van der Waals surface area (Å²) in [5.74, 6) is 0.370. The van der Waals surface area contributed by atoms with Crippen molar-refractivity contribution in [3.05, 3.63) is 46.2 Å². The van der Waals surface area contributed by atoms with Crippen LogP contribution < -0.4 is 0 Å². The standard InChI is InChI=1S/C18H17N3OS/c1-18(8-16(20)21(2)17(22)9-18)15-7-14(11-23-15)13-5-3-12(10-19)4-6-13/h3-7,11,20H,8-9H2,1-2H3/t18-/m0/s1. The Morgan fingerprint density at radius 2 is 1.96 bits per heavy atom. The molecule has 0 unspecified atom stereocenters. The largest absolute Gasteiger partial charge is 0.304 e. The molecule has 1 fully saturated rings. The molecule has 5 heteroatoms. The van der Waals surface area contributed by atoms with E-state index in [2.05, 4.69) is 24.4 Å². The number of likely N-dealkylation sites (tertiary alicyclic amines) is 1.